The second-order valence-electron chi connectivity index (χ2n) is 4.95. The maximum Gasteiger partial charge on any atom is 0.266 e. The molecule has 1 amide bonds. The lowest BCUT2D eigenvalue weighted by atomic mass is 10.1. The van der Waals surface area contributed by atoms with E-state index in [2.05, 4.69) is 28.7 Å². The van der Waals surface area contributed by atoms with Crippen LogP contribution in [0.2, 0.25) is 0 Å². The molecule has 2 aromatic rings. The quantitative estimate of drug-likeness (QED) is 0.802. The zero-order chi connectivity index (χ0) is 13.6. The number of carbonyl (C=O) groups excluding carboxylic acids is 1. The molecule has 0 radical (unpaired) electrons. The first-order chi connectivity index (χ1) is 9.08. The maximum atomic E-state index is 12.7. The molecule has 0 saturated heterocycles. The van der Waals surface area contributed by atoms with Gasteiger partial charge in [-0.1, -0.05) is 0 Å². The van der Waals surface area contributed by atoms with Gasteiger partial charge in [-0.05, 0) is 32.9 Å². The molecule has 1 aliphatic heterocycles. The summed E-state index contributed by atoms with van der Waals surface area (Å²) in [6.07, 6.45) is 2.08. The van der Waals surface area contributed by atoms with Crippen LogP contribution < -0.4 is 0 Å². The predicted octanol–water partition coefficient (Wildman–Crippen LogP) is 2.78. The minimum absolute atomic E-state index is 0.114. The molecule has 3 heterocycles. The highest BCUT2D eigenvalue weighted by Gasteiger charge is 2.29. The Morgan fingerprint density at radius 1 is 1.42 bits per heavy atom. The van der Waals surface area contributed by atoms with E-state index >= 15 is 0 Å². The predicted molar refractivity (Wildman–Crippen MR) is 75.5 cm³/mol. The zero-order valence-corrected chi connectivity index (χ0v) is 12.2. The van der Waals surface area contributed by atoms with Crippen LogP contribution in [0.25, 0.3) is 0 Å². The van der Waals surface area contributed by atoms with Gasteiger partial charge < -0.3 is 9.47 Å². The molecule has 0 N–H and O–H groups in total. The monoisotopic (exact) mass is 275 g/mol. The average Bonchev–Trinajstić information content (AvgIpc) is 2.96. The Morgan fingerprint density at radius 2 is 2.21 bits per heavy atom. The molecule has 5 heteroatoms. The summed E-state index contributed by atoms with van der Waals surface area (Å²) in [5.41, 5.74) is 2.05. The second-order valence-corrected chi connectivity index (χ2v) is 6.15. The van der Waals surface area contributed by atoms with Crippen LogP contribution in [0.15, 0.2) is 18.3 Å². The number of hydrogen-bond donors (Lipinski definition) is 0. The first kappa shape index (κ1) is 12.4. The molecule has 0 saturated carbocycles. The van der Waals surface area contributed by atoms with Crippen molar-refractivity contribution in [2.24, 2.45) is 0 Å². The van der Waals surface area contributed by atoms with Crippen LogP contribution >= 0.6 is 11.3 Å². The number of hydrogen-bond acceptors (Lipinski definition) is 3. The van der Waals surface area contributed by atoms with Crippen molar-refractivity contribution in [1.82, 2.24) is 14.5 Å². The molecule has 0 fully saturated rings. The van der Waals surface area contributed by atoms with E-state index in [1.54, 1.807) is 0 Å². The van der Waals surface area contributed by atoms with Gasteiger partial charge in [0.15, 0.2) is 0 Å². The van der Waals surface area contributed by atoms with Crippen molar-refractivity contribution in [2.45, 2.75) is 33.4 Å². The Labute approximate surface area is 116 Å². The van der Waals surface area contributed by atoms with Crippen molar-refractivity contribution in [3.05, 3.63) is 39.6 Å². The highest BCUT2D eigenvalue weighted by molar-refractivity contribution is 7.13. The molecule has 0 spiro atoms. The van der Waals surface area contributed by atoms with Crippen molar-refractivity contribution in [3.8, 4) is 0 Å². The van der Waals surface area contributed by atoms with Crippen LogP contribution in [-0.2, 0) is 6.54 Å². The smallest absolute Gasteiger partial charge is 0.266 e. The number of aromatic nitrogens is 2. The Morgan fingerprint density at radius 3 is 2.89 bits per heavy atom. The number of thiazole rings is 1. The summed E-state index contributed by atoms with van der Waals surface area (Å²) in [7, 11) is 0. The third-order valence-electron chi connectivity index (χ3n) is 3.70. The molecule has 0 aromatic carbocycles. The van der Waals surface area contributed by atoms with Gasteiger partial charge in [-0.2, -0.15) is 0 Å². The minimum atomic E-state index is 0.114. The van der Waals surface area contributed by atoms with Gasteiger partial charge in [0.05, 0.1) is 16.7 Å². The molecule has 100 valence electrons. The molecule has 4 nitrogen and oxygen atoms in total. The van der Waals surface area contributed by atoms with E-state index in [0.29, 0.717) is 0 Å². The van der Waals surface area contributed by atoms with Gasteiger partial charge in [-0.3, -0.25) is 4.79 Å². The van der Waals surface area contributed by atoms with Gasteiger partial charge in [0.2, 0.25) is 0 Å². The standard InChI is InChI=1S/C14H17N3OS/c1-9-13(19-11(3)15-9)14(18)17-8-7-16-6-4-5-12(16)10(17)2/h4-6,10H,7-8H2,1-3H3/t10-/m1/s1. The summed E-state index contributed by atoms with van der Waals surface area (Å²) in [4.78, 5) is 19.8. The summed E-state index contributed by atoms with van der Waals surface area (Å²) < 4.78 is 2.22. The van der Waals surface area contributed by atoms with Gasteiger partial charge in [-0.25, -0.2) is 4.98 Å². The van der Waals surface area contributed by atoms with Crippen LogP contribution in [0.1, 0.15) is 39.0 Å². The van der Waals surface area contributed by atoms with Crippen molar-refractivity contribution in [3.63, 3.8) is 0 Å². The fourth-order valence-electron chi connectivity index (χ4n) is 2.72. The molecular formula is C14H17N3OS. The fourth-order valence-corrected chi connectivity index (χ4v) is 3.59. The number of fused-ring (bicyclic) bond motifs is 1. The molecule has 0 unspecified atom stereocenters. The van der Waals surface area contributed by atoms with Gasteiger partial charge in [0, 0.05) is 25.0 Å². The number of rotatable bonds is 1. The van der Waals surface area contributed by atoms with Crippen molar-refractivity contribution in [1.29, 1.82) is 0 Å². The third-order valence-corrected chi connectivity index (χ3v) is 4.76. The van der Waals surface area contributed by atoms with Gasteiger partial charge in [0.1, 0.15) is 4.88 Å². The summed E-state index contributed by atoms with van der Waals surface area (Å²) in [5, 5.41) is 0.953. The SMILES string of the molecule is Cc1nc(C)c(C(=O)N2CCn3cccc3[C@H]2C)s1. The van der Waals surface area contributed by atoms with E-state index in [9.17, 15) is 4.79 Å². The highest BCUT2D eigenvalue weighted by Crippen LogP contribution is 2.29. The Bertz CT molecular complexity index is 628. The molecule has 19 heavy (non-hydrogen) atoms. The molecular weight excluding hydrogens is 258 g/mol. The summed E-state index contributed by atoms with van der Waals surface area (Å²) >= 11 is 1.49. The maximum absolute atomic E-state index is 12.7. The molecule has 0 aliphatic carbocycles. The van der Waals surface area contributed by atoms with Gasteiger partial charge >= 0.3 is 0 Å². The van der Waals surface area contributed by atoms with E-state index in [1.165, 1.54) is 17.0 Å². The Kier molecular flexibility index (Phi) is 2.93. The molecule has 0 bridgehead atoms. The van der Waals surface area contributed by atoms with Crippen LogP contribution in [-0.4, -0.2) is 26.9 Å². The van der Waals surface area contributed by atoms with Crippen molar-refractivity contribution < 1.29 is 4.79 Å². The summed E-state index contributed by atoms with van der Waals surface area (Å²) in [6, 6.07) is 4.26. The highest BCUT2D eigenvalue weighted by atomic mass is 32.1. The normalized spacial score (nSPS) is 18.5. The third kappa shape index (κ3) is 1.98. The van der Waals surface area contributed by atoms with Crippen LogP contribution in [0.5, 0.6) is 0 Å². The molecule has 2 aromatic heterocycles. The van der Waals surface area contributed by atoms with Crippen LogP contribution in [0.3, 0.4) is 0 Å². The van der Waals surface area contributed by atoms with E-state index in [0.717, 1.165) is 28.7 Å². The fraction of sp³-hybridized carbons (Fsp3) is 0.429. The molecule has 1 atom stereocenters. The lowest BCUT2D eigenvalue weighted by Gasteiger charge is -2.34. The number of nitrogens with zero attached hydrogens (tertiary/aromatic N) is 3. The van der Waals surface area contributed by atoms with Crippen LogP contribution in [0, 0.1) is 13.8 Å². The number of amides is 1. The Balaban J connectivity index is 1.92. The zero-order valence-electron chi connectivity index (χ0n) is 11.4. The number of carbonyl (C=O) groups is 1. The lowest BCUT2D eigenvalue weighted by molar-refractivity contribution is 0.0648. The summed E-state index contributed by atoms with van der Waals surface area (Å²) in [5.74, 6) is 0.114. The lowest BCUT2D eigenvalue weighted by Crippen LogP contribution is -2.40. The van der Waals surface area contributed by atoms with E-state index in [1.807, 2.05) is 24.8 Å². The van der Waals surface area contributed by atoms with E-state index < -0.39 is 0 Å². The van der Waals surface area contributed by atoms with Gasteiger partial charge in [-0.15, -0.1) is 11.3 Å². The first-order valence-electron chi connectivity index (χ1n) is 6.48. The van der Waals surface area contributed by atoms with Crippen LogP contribution in [0.4, 0.5) is 0 Å². The largest absolute Gasteiger partial charge is 0.348 e. The van der Waals surface area contributed by atoms with Crippen molar-refractivity contribution in [2.75, 3.05) is 6.54 Å². The van der Waals surface area contributed by atoms with Crippen molar-refractivity contribution >= 4 is 17.2 Å². The first-order valence-corrected chi connectivity index (χ1v) is 7.29. The van der Waals surface area contributed by atoms with E-state index in [4.69, 9.17) is 0 Å². The number of aryl methyl sites for hydroxylation is 2. The second kappa shape index (κ2) is 4.49. The minimum Gasteiger partial charge on any atom is -0.348 e. The molecule has 1 aliphatic rings. The Hall–Kier alpha value is -1.62. The van der Waals surface area contributed by atoms with E-state index in [-0.39, 0.29) is 11.9 Å². The average molecular weight is 275 g/mol. The topological polar surface area (TPSA) is 38.1 Å². The van der Waals surface area contributed by atoms with Gasteiger partial charge in [0.25, 0.3) is 5.91 Å². The summed E-state index contributed by atoms with van der Waals surface area (Å²) in [6.45, 7) is 7.58. The molecule has 3 rings (SSSR count).